The second kappa shape index (κ2) is 6.32. The van der Waals surface area contributed by atoms with Crippen molar-refractivity contribution >= 4 is 17.5 Å². The normalized spacial score (nSPS) is 17.8. The summed E-state index contributed by atoms with van der Waals surface area (Å²) >= 11 is 6.07. The van der Waals surface area contributed by atoms with Gasteiger partial charge in [0.2, 0.25) is 5.91 Å². The summed E-state index contributed by atoms with van der Waals surface area (Å²) in [7, 11) is 0. The molecule has 114 valence electrons. The van der Waals surface area contributed by atoms with Gasteiger partial charge in [0.05, 0.1) is 6.54 Å². The highest BCUT2D eigenvalue weighted by molar-refractivity contribution is 6.31. The first-order valence-electron chi connectivity index (χ1n) is 7.61. The minimum Gasteiger partial charge on any atom is -0.335 e. The van der Waals surface area contributed by atoms with Gasteiger partial charge in [-0.3, -0.25) is 4.79 Å². The molecule has 5 heteroatoms. The van der Waals surface area contributed by atoms with E-state index in [0.717, 1.165) is 12.8 Å². The molecule has 3 nitrogen and oxygen atoms in total. The molecular weight excluding hydrogens is 291 g/mol. The van der Waals surface area contributed by atoms with Crippen LogP contribution >= 0.6 is 11.6 Å². The van der Waals surface area contributed by atoms with Gasteiger partial charge in [0.25, 0.3) is 0 Å². The molecule has 3 rings (SSSR count). The molecule has 0 unspecified atom stereocenters. The zero-order valence-electron chi connectivity index (χ0n) is 11.9. The monoisotopic (exact) mass is 310 g/mol. The van der Waals surface area contributed by atoms with Crippen LogP contribution in [0.5, 0.6) is 0 Å². The average molecular weight is 311 g/mol. The molecule has 0 spiro atoms. The van der Waals surface area contributed by atoms with E-state index < -0.39 is 0 Å². The number of carbonyl (C=O) groups excluding carboxylic acids is 1. The summed E-state index contributed by atoms with van der Waals surface area (Å²) < 4.78 is 13.9. The lowest BCUT2D eigenvalue weighted by Crippen LogP contribution is -2.35. The standard InChI is InChI=1S/C16H20ClFN2O/c17-14-2-1-3-15(18)13(14)10-20(12-6-7-12)16(21)8-9-19-11-4-5-11/h1-3,11-12,19H,4-10H2. The quantitative estimate of drug-likeness (QED) is 0.839. The van der Waals surface area contributed by atoms with Crippen LogP contribution in [0.15, 0.2) is 18.2 Å². The maximum atomic E-state index is 13.9. The van der Waals surface area contributed by atoms with E-state index in [2.05, 4.69) is 5.32 Å². The molecule has 2 saturated carbocycles. The lowest BCUT2D eigenvalue weighted by Gasteiger charge is -2.23. The van der Waals surface area contributed by atoms with Crippen LogP contribution in [-0.2, 0) is 11.3 Å². The zero-order chi connectivity index (χ0) is 14.8. The van der Waals surface area contributed by atoms with Crippen LogP contribution in [0.1, 0.15) is 37.7 Å². The number of benzene rings is 1. The van der Waals surface area contributed by atoms with Crippen LogP contribution in [-0.4, -0.2) is 29.4 Å². The Morgan fingerprint density at radius 1 is 1.33 bits per heavy atom. The van der Waals surface area contributed by atoms with Gasteiger partial charge in [0.15, 0.2) is 0 Å². The van der Waals surface area contributed by atoms with E-state index in [-0.39, 0.29) is 24.3 Å². The Hall–Kier alpha value is -1.13. The third-order valence-electron chi connectivity index (χ3n) is 4.05. The minimum absolute atomic E-state index is 0.0879. The van der Waals surface area contributed by atoms with E-state index in [1.807, 2.05) is 0 Å². The van der Waals surface area contributed by atoms with Gasteiger partial charge in [0.1, 0.15) is 5.82 Å². The second-order valence-electron chi connectivity index (χ2n) is 5.93. The summed E-state index contributed by atoms with van der Waals surface area (Å²) in [6.07, 6.45) is 4.91. The lowest BCUT2D eigenvalue weighted by atomic mass is 10.2. The number of hydrogen-bond acceptors (Lipinski definition) is 2. The topological polar surface area (TPSA) is 32.3 Å². The van der Waals surface area contributed by atoms with Crippen molar-refractivity contribution in [3.05, 3.63) is 34.6 Å². The van der Waals surface area contributed by atoms with Crippen molar-refractivity contribution in [3.63, 3.8) is 0 Å². The maximum absolute atomic E-state index is 13.9. The van der Waals surface area contributed by atoms with E-state index in [0.29, 0.717) is 29.6 Å². The Morgan fingerprint density at radius 3 is 2.71 bits per heavy atom. The molecule has 0 heterocycles. The van der Waals surface area contributed by atoms with Crippen molar-refractivity contribution < 1.29 is 9.18 Å². The van der Waals surface area contributed by atoms with Crippen molar-refractivity contribution in [3.8, 4) is 0 Å². The van der Waals surface area contributed by atoms with E-state index in [1.54, 1.807) is 17.0 Å². The maximum Gasteiger partial charge on any atom is 0.224 e. The predicted molar refractivity (Wildman–Crippen MR) is 80.6 cm³/mol. The highest BCUT2D eigenvalue weighted by Crippen LogP contribution is 2.31. The minimum atomic E-state index is -0.336. The summed E-state index contributed by atoms with van der Waals surface area (Å²) in [5.41, 5.74) is 0.426. The van der Waals surface area contributed by atoms with Crippen molar-refractivity contribution in [1.29, 1.82) is 0 Å². The third-order valence-corrected chi connectivity index (χ3v) is 4.40. The Labute approximate surface area is 129 Å². The fraction of sp³-hybridized carbons (Fsp3) is 0.562. The fourth-order valence-electron chi connectivity index (χ4n) is 2.48. The van der Waals surface area contributed by atoms with Crippen molar-refractivity contribution in [2.45, 2.75) is 50.7 Å². The molecule has 0 atom stereocenters. The smallest absolute Gasteiger partial charge is 0.224 e. The van der Waals surface area contributed by atoms with Crippen LogP contribution < -0.4 is 5.32 Å². The van der Waals surface area contributed by atoms with Crippen LogP contribution in [0.4, 0.5) is 4.39 Å². The molecule has 0 saturated heterocycles. The average Bonchev–Trinajstić information content (AvgIpc) is 3.32. The van der Waals surface area contributed by atoms with E-state index >= 15 is 0 Å². The largest absolute Gasteiger partial charge is 0.335 e. The van der Waals surface area contributed by atoms with Crippen LogP contribution in [0, 0.1) is 5.82 Å². The van der Waals surface area contributed by atoms with Gasteiger partial charge in [-0.15, -0.1) is 0 Å². The molecule has 2 fully saturated rings. The molecule has 21 heavy (non-hydrogen) atoms. The number of nitrogens with zero attached hydrogens (tertiary/aromatic N) is 1. The van der Waals surface area contributed by atoms with E-state index in [1.165, 1.54) is 18.9 Å². The van der Waals surface area contributed by atoms with Gasteiger partial charge in [-0.25, -0.2) is 4.39 Å². The van der Waals surface area contributed by atoms with Crippen molar-refractivity contribution in [2.24, 2.45) is 0 Å². The highest BCUT2D eigenvalue weighted by Gasteiger charge is 2.33. The SMILES string of the molecule is O=C(CCNC1CC1)N(Cc1c(F)cccc1Cl)C1CC1. The molecule has 0 bridgehead atoms. The second-order valence-corrected chi connectivity index (χ2v) is 6.34. The van der Waals surface area contributed by atoms with Crippen LogP contribution in [0.25, 0.3) is 0 Å². The number of carbonyl (C=O) groups is 1. The molecule has 1 aromatic carbocycles. The van der Waals surface area contributed by atoms with Gasteiger partial charge in [-0.1, -0.05) is 17.7 Å². The summed E-state index contributed by atoms with van der Waals surface area (Å²) in [4.78, 5) is 14.2. The molecule has 2 aliphatic rings. The summed E-state index contributed by atoms with van der Waals surface area (Å²) in [5.74, 6) is -0.248. The predicted octanol–water partition coefficient (Wildman–Crippen LogP) is 3.11. The Morgan fingerprint density at radius 2 is 2.10 bits per heavy atom. The molecule has 1 amide bonds. The molecule has 2 aliphatic carbocycles. The first kappa shape index (κ1) is 14.8. The Bertz CT molecular complexity index is 509. The summed E-state index contributed by atoms with van der Waals surface area (Å²) in [6.45, 7) is 0.982. The summed E-state index contributed by atoms with van der Waals surface area (Å²) in [5, 5.41) is 3.73. The number of nitrogens with one attached hydrogen (secondary N) is 1. The Balaban J connectivity index is 1.62. The highest BCUT2D eigenvalue weighted by atomic mass is 35.5. The van der Waals surface area contributed by atoms with Gasteiger partial charge >= 0.3 is 0 Å². The number of hydrogen-bond donors (Lipinski definition) is 1. The number of halogens is 2. The fourth-order valence-corrected chi connectivity index (χ4v) is 2.70. The van der Waals surface area contributed by atoms with Gasteiger partial charge in [0, 0.05) is 35.6 Å². The third kappa shape index (κ3) is 3.95. The van der Waals surface area contributed by atoms with Gasteiger partial charge < -0.3 is 10.2 Å². The molecule has 0 aromatic heterocycles. The number of rotatable bonds is 7. The van der Waals surface area contributed by atoms with Crippen LogP contribution in [0.2, 0.25) is 5.02 Å². The van der Waals surface area contributed by atoms with E-state index in [4.69, 9.17) is 11.6 Å². The van der Waals surface area contributed by atoms with Crippen molar-refractivity contribution in [1.82, 2.24) is 10.2 Å². The Kier molecular flexibility index (Phi) is 4.45. The first-order valence-corrected chi connectivity index (χ1v) is 7.98. The molecule has 1 aromatic rings. The zero-order valence-corrected chi connectivity index (χ0v) is 12.7. The summed E-state index contributed by atoms with van der Waals surface area (Å²) in [6, 6.07) is 5.52. The molecule has 1 N–H and O–H groups in total. The van der Waals surface area contributed by atoms with Gasteiger partial charge in [-0.05, 0) is 37.8 Å². The molecular formula is C16H20ClFN2O. The van der Waals surface area contributed by atoms with Gasteiger partial charge in [-0.2, -0.15) is 0 Å². The van der Waals surface area contributed by atoms with Crippen molar-refractivity contribution in [2.75, 3.05) is 6.54 Å². The molecule has 0 aliphatic heterocycles. The van der Waals surface area contributed by atoms with Crippen LogP contribution in [0.3, 0.4) is 0 Å². The number of amides is 1. The lowest BCUT2D eigenvalue weighted by molar-refractivity contribution is -0.132. The first-order chi connectivity index (χ1) is 10.1. The van der Waals surface area contributed by atoms with E-state index in [9.17, 15) is 9.18 Å². The molecule has 0 radical (unpaired) electrons.